The van der Waals surface area contributed by atoms with Gasteiger partial charge in [0.15, 0.2) is 0 Å². The van der Waals surface area contributed by atoms with E-state index >= 15 is 0 Å². The maximum Gasteiger partial charge on any atom is 0.208 e. The van der Waals surface area contributed by atoms with Crippen LogP contribution in [0.15, 0.2) is 11.6 Å². The van der Waals surface area contributed by atoms with E-state index in [4.69, 9.17) is 0 Å². The van der Waals surface area contributed by atoms with Crippen LogP contribution < -0.4 is 0 Å². The predicted molar refractivity (Wildman–Crippen MR) is 39.3 cm³/mol. The van der Waals surface area contributed by atoms with Crippen LogP contribution in [-0.2, 0) is 9.59 Å². The third kappa shape index (κ3) is 2.13. The van der Waals surface area contributed by atoms with E-state index in [0.29, 0.717) is 6.29 Å². The average Bonchev–Trinajstić information content (AvgIpc) is 1.89. The van der Waals surface area contributed by atoms with Crippen LogP contribution in [0.2, 0.25) is 0 Å². The second-order valence-electron chi connectivity index (χ2n) is 2.71. The Morgan fingerprint density at radius 2 is 2.00 bits per heavy atom. The van der Waals surface area contributed by atoms with Gasteiger partial charge in [-0.3, -0.25) is 9.59 Å². The summed E-state index contributed by atoms with van der Waals surface area (Å²) in [5.74, 6) is 0. The van der Waals surface area contributed by atoms with Gasteiger partial charge in [-0.05, 0) is 26.8 Å². The fourth-order valence-electron chi connectivity index (χ4n) is 0.391. The molecule has 55 valence electrons. The number of allylic oxidation sites excluding steroid dienone is 2. The molecule has 0 N–H and O–H groups in total. The van der Waals surface area contributed by atoms with Gasteiger partial charge in [0.25, 0.3) is 0 Å². The molecule has 0 aromatic rings. The smallest absolute Gasteiger partial charge is 0.208 e. The Hall–Kier alpha value is -0.920. The predicted octanol–water partition coefficient (Wildman–Crippen LogP) is 1.27. The molecule has 0 saturated carbocycles. The zero-order valence-electron chi connectivity index (χ0n) is 6.47. The van der Waals surface area contributed by atoms with Gasteiger partial charge in [0.1, 0.15) is 6.29 Å². The molecule has 2 heteroatoms. The van der Waals surface area contributed by atoms with E-state index in [1.165, 1.54) is 6.08 Å². The topological polar surface area (TPSA) is 34.1 Å². The number of carbonyl (C=O) groups excluding carboxylic acids is 2. The van der Waals surface area contributed by atoms with Crippen molar-refractivity contribution in [2.45, 2.75) is 20.8 Å². The first kappa shape index (κ1) is 9.08. The van der Waals surface area contributed by atoms with Gasteiger partial charge in [-0.25, -0.2) is 0 Å². The zero-order chi connectivity index (χ0) is 8.20. The van der Waals surface area contributed by atoms with Gasteiger partial charge in [-0.1, -0.05) is 5.57 Å². The van der Waals surface area contributed by atoms with Crippen LogP contribution >= 0.6 is 0 Å². The largest absolute Gasteiger partial charge is 0.299 e. The second-order valence-corrected chi connectivity index (χ2v) is 2.71. The van der Waals surface area contributed by atoms with Crippen molar-refractivity contribution >= 4 is 12.6 Å². The van der Waals surface area contributed by atoms with E-state index in [2.05, 4.69) is 0 Å². The van der Waals surface area contributed by atoms with E-state index in [1.54, 1.807) is 20.8 Å². The van der Waals surface area contributed by atoms with Crippen LogP contribution in [0.3, 0.4) is 0 Å². The van der Waals surface area contributed by atoms with Gasteiger partial charge in [-0.2, -0.15) is 0 Å². The number of hydrogen-bond donors (Lipinski definition) is 0. The van der Waals surface area contributed by atoms with Crippen LogP contribution in [0.25, 0.3) is 0 Å². The number of rotatable bonds is 3. The summed E-state index contributed by atoms with van der Waals surface area (Å²) in [5, 5.41) is 0. The van der Waals surface area contributed by atoms with Crippen molar-refractivity contribution in [1.29, 1.82) is 0 Å². The number of carbonyl (C=O) groups is 1. The third-order valence-electron chi connectivity index (χ3n) is 1.56. The molecule has 0 heterocycles. The van der Waals surface area contributed by atoms with Gasteiger partial charge in [-0.15, -0.1) is 0 Å². The first-order valence-corrected chi connectivity index (χ1v) is 3.06. The van der Waals surface area contributed by atoms with Gasteiger partial charge >= 0.3 is 0 Å². The molecule has 0 fully saturated rings. The monoisotopic (exact) mass is 139 g/mol. The molecule has 0 unspecified atom stereocenters. The third-order valence-corrected chi connectivity index (χ3v) is 1.56. The molecule has 0 aliphatic heterocycles. The molecule has 0 bridgehead atoms. The van der Waals surface area contributed by atoms with Crippen LogP contribution in [0.1, 0.15) is 20.8 Å². The lowest BCUT2D eigenvalue weighted by Gasteiger charge is -2.14. The Morgan fingerprint density at radius 3 is 2.30 bits per heavy atom. The van der Waals surface area contributed by atoms with Crippen molar-refractivity contribution in [3.8, 4) is 0 Å². The molecule has 0 saturated heterocycles. The summed E-state index contributed by atoms with van der Waals surface area (Å²) in [6.07, 6.45) is 3.90. The maximum atomic E-state index is 10.3. The van der Waals surface area contributed by atoms with Crippen LogP contribution in [0.5, 0.6) is 0 Å². The lowest BCUT2D eigenvalue weighted by Crippen LogP contribution is -2.14. The highest BCUT2D eigenvalue weighted by atomic mass is 16.1. The summed E-state index contributed by atoms with van der Waals surface area (Å²) in [6, 6.07) is 0. The highest BCUT2D eigenvalue weighted by Gasteiger charge is 2.19. The fourth-order valence-corrected chi connectivity index (χ4v) is 0.391. The molecule has 10 heavy (non-hydrogen) atoms. The highest BCUT2D eigenvalue weighted by molar-refractivity contribution is 5.71. The first-order valence-electron chi connectivity index (χ1n) is 3.06. The van der Waals surface area contributed by atoms with Gasteiger partial charge in [0.05, 0.1) is 5.41 Å². The van der Waals surface area contributed by atoms with Crippen molar-refractivity contribution in [2.75, 3.05) is 0 Å². The number of aldehydes is 1. The van der Waals surface area contributed by atoms with Crippen molar-refractivity contribution in [1.82, 2.24) is 0 Å². The van der Waals surface area contributed by atoms with E-state index in [1.807, 2.05) is 6.29 Å². The van der Waals surface area contributed by atoms with E-state index < -0.39 is 5.41 Å². The highest BCUT2D eigenvalue weighted by Crippen LogP contribution is 2.21. The van der Waals surface area contributed by atoms with E-state index in [-0.39, 0.29) is 0 Å². The molecule has 0 aromatic heterocycles. The SMILES string of the molecule is CC(=CC=O)C(C)(C)[C]=O. The fraction of sp³-hybridized carbons (Fsp3) is 0.500. The minimum Gasteiger partial charge on any atom is -0.299 e. The Kier molecular flexibility index (Phi) is 3.00. The van der Waals surface area contributed by atoms with Crippen molar-refractivity contribution in [2.24, 2.45) is 5.41 Å². The normalized spacial score (nSPS) is 12.9. The van der Waals surface area contributed by atoms with Crippen molar-refractivity contribution in [3.63, 3.8) is 0 Å². The first-order chi connectivity index (χ1) is 4.54. The summed E-state index contributed by atoms with van der Waals surface area (Å²) in [4.78, 5) is 20.2. The molecule has 0 atom stereocenters. The van der Waals surface area contributed by atoms with Gasteiger partial charge in [0.2, 0.25) is 6.29 Å². The quantitative estimate of drug-likeness (QED) is 0.436. The van der Waals surface area contributed by atoms with Crippen LogP contribution in [0.4, 0.5) is 0 Å². The molecule has 1 radical (unpaired) electrons. The van der Waals surface area contributed by atoms with Gasteiger partial charge < -0.3 is 0 Å². The summed E-state index contributed by atoms with van der Waals surface area (Å²) in [7, 11) is 0. The standard InChI is InChI=1S/C8H11O2/c1-7(4-5-9)8(2,3)6-10/h4-5H,1-3H3. The van der Waals surface area contributed by atoms with E-state index in [9.17, 15) is 9.59 Å². The maximum absolute atomic E-state index is 10.3. The summed E-state index contributed by atoms with van der Waals surface area (Å²) in [6.45, 7) is 5.17. The molecule has 0 aromatic carbocycles. The molecule has 0 amide bonds. The molecule has 0 aliphatic rings. The molecule has 0 rings (SSSR count). The minimum atomic E-state index is -0.624. The molecular weight excluding hydrogens is 128 g/mol. The summed E-state index contributed by atoms with van der Waals surface area (Å²) in [5.41, 5.74) is 0.110. The lowest BCUT2D eigenvalue weighted by atomic mass is 9.87. The minimum absolute atomic E-state index is 0.624. The number of hydrogen-bond acceptors (Lipinski definition) is 2. The van der Waals surface area contributed by atoms with E-state index in [0.717, 1.165) is 5.57 Å². The lowest BCUT2D eigenvalue weighted by molar-refractivity contribution is -0.104. The Balaban J connectivity index is 4.46. The molecule has 2 nitrogen and oxygen atoms in total. The zero-order valence-corrected chi connectivity index (χ0v) is 6.47. The second kappa shape index (κ2) is 3.30. The van der Waals surface area contributed by atoms with Crippen LogP contribution in [0, 0.1) is 5.41 Å². The van der Waals surface area contributed by atoms with Crippen molar-refractivity contribution < 1.29 is 9.59 Å². The van der Waals surface area contributed by atoms with Crippen molar-refractivity contribution in [3.05, 3.63) is 11.6 Å². The van der Waals surface area contributed by atoms with Gasteiger partial charge in [0, 0.05) is 0 Å². The van der Waals surface area contributed by atoms with Crippen LogP contribution in [-0.4, -0.2) is 12.6 Å². The summed E-state index contributed by atoms with van der Waals surface area (Å²) < 4.78 is 0. The molecule has 0 aliphatic carbocycles. The molecular formula is C8H11O2. The molecule has 0 spiro atoms. The average molecular weight is 139 g/mol. The Bertz CT molecular complexity index is 166. The Morgan fingerprint density at radius 1 is 1.50 bits per heavy atom. The Labute approximate surface area is 60.9 Å². The summed E-state index contributed by atoms with van der Waals surface area (Å²) >= 11 is 0.